The Morgan fingerprint density at radius 1 is 0.958 bits per heavy atom. The molecule has 0 atom stereocenters. The van der Waals surface area contributed by atoms with Crippen molar-refractivity contribution in [1.29, 1.82) is 0 Å². The van der Waals surface area contributed by atoms with Crippen molar-refractivity contribution in [1.82, 2.24) is 0 Å². The highest BCUT2D eigenvalue weighted by atomic mass is 35.5. The van der Waals surface area contributed by atoms with Crippen molar-refractivity contribution in [3.8, 4) is 0 Å². The summed E-state index contributed by atoms with van der Waals surface area (Å²) >= 11 is 5.76. The molecule has 24 heavy (non-hydrogen) atoms. The number of nitrogens with zero attached hydrogens (tertiary/aromatic N) is 2. The Labute approximate surface area is 142 Å². The fourth-order valence-corrected chi connectivity index (χ4v) is 1.89. The van der Waals surface area contributed by atoms with Crippen molar-refractivity contribution >= 4 is 34.8 Å². The van der Waals surface area contributed by atoms with Crippen molar-refractivity contribution in [3.63, 3.8) is 0 Å². The summed E-state index contributed by atoms with van der Waals surface area (Å²) in [7, 11) is 0. The van der Waals surface area contributed by atoms with Crippen LogP contribution < -0.4 is 0 Å². The number of ketones is 1. The standard InChI is InChI=1S/C17H13ClN2O4/c1-10-2-4-11(5-3-10)15(21)14(16(22)17(23)24)20-19-13-8-6-12(18)7-9-13/h2-9,21H,1H3,(H,23,24)/b15-14+,20-19?. The number of aliphatic hydroxyl groups excluding tert-OH is 1. The summed E-state index contributed by atoms with van der Waals surface area (Å²) < 4.78 is 0. The Morgan fingerprint density at radius 3 is 2.08 bits per heavy atom. The van der Waals surface area contributed by atoms with Gasteiger partial charge >= 0.3 is 5.97 Å². The maximum Gasteiger partial charge on any atom is 0.379 e. The monoisotopic (exact) mass is 344 g/mol. The topological polar surface area (TPSA) is 99.3 Å². The highest BCUT2D eigenvalue weighted by molar-refractivity contribution is 6.40. The number of aliphatic carboxylic acids is 1. The third-order valence-corrected chi connectivity index (χ3v) is 3.30. The van der Waals surface area contributed by atoms with Crippen molar-refractivity contribution < 1.29 is 19.8 Å². The SMILES string of the molecule is Cc1ccc(/C(O)=C(\N=Nc2ccc(Cl)cc2)C(=O)C(=O)O)cc1. The van der Waals surface area contributed by atoms with Crippen LogP contribution in [0.15, 0.2) is 64.5 Å². The quantitative estimate of drug-likeness (QED) is 0.365. The van der Waals surface area contributed by atoms with E-state index in [0.717, 1.165) is 5.56 Å². The molecule has 0 aromatic heterocycles. The van der Waals surface area contributed by atoms with Crippen LogP contribution in [0.2, 0.25) is 5.02 Å². The molecular weight excluding hydrogens is 332 g/mol. The Morgan fingerprint density at radius 2 is 1.54 bits per heavy atom. The maximum atomic E-state index is 11.8. The second kappa shape index (κ2) is 7.52. The lowest BCUT2D eigenvalue weighted by molar-refractivity contribution is -0.147. The van der Waals surface area contributed by atoms with Gasteiger partial charge in [0.1, 0.15) is 0 Å². The van der Waals surface area contributed by atoms with E-state index in [1.165, 1.54) is 12.1 Å². The van der Waals surface area contributed by atoms with Crippen LogP contribution in [0.5, 0.6) is 0 Å². The molecule has 0 amide bonds. The van der Waals surface area contributed by atoms with E-state index >= 15 is 0 Å². The number of carboxylic acids is 1. The zero-order valence-electron chi connectivity index (χ0n) is 12.6. The average molecular weight is 345 g/mol. The zero-order valence-corrected chi connectivity index (χ0v) is 13.4. The van der Waals surface area contributed by atoms with Crippen LogP contribution in [0, 0.1) is 6.92 Å². The summed E-state index contributed by atoms with van der Waals surface area (Å²) in [6.07, 6.45) is 0. The molecule has 0 bridgehead atoms. The molecule has 122 valence electrons. The van der Waals surface area contributed by atoms with Crippen molar-refractivity contribution in [2.45, 2.75) is 6.92 Å². The van der Waals surface area contributed by atoms with Crippen LogP contribution in [0.3, 0.4) is 0 Å². The maximum absolute atomic E-state index is 11.8. The first-order chi connectivity index (χ1) is 11.4. The number of rotatable bonds is 5. The molecule has 0 aliphatic rings. The van der Waals surface area contributed by atoms with Gasteiger partial charge in [0, 0.05) is 10.6 Å². The van der Waals surface area contributed by atoms with E-state index in [1.807, 2.05) is 6.92 Å². The van der Waals surface area contributed by atoms with Crippen molar-refractivity contribution in [2.75, 3.05) is 0 Å². The van der Waals surface area contributed by atoms with Crippen molar-refractivity contribution in [2.24, 2.45) is 10.2 Å². The molecule has 7 heteroatoms. The molecule has 0 aliphatic heterocycles. The number of azo groups is 1. The first-order valence-corrected chi connectivity index (χ1v) is 7.21. The first kappa shape index (κ1) is 17.4. The number of hydrogen-bond acceptors (Lipinski definition) is 5. The summed E-state index contributed by atoms with van der Waals surface area (Å²) in [5.41, 5.74) is 0.911. The minimum atomic E-state index is -1.74. The molecule has 0 heterocycles. The molecule has 0 radical (unpaired) electrons. The van der Waals surface area contributed by atoms with Gasteiger partial charge in [-0.3, -0.25) is 4.79 Å². The highest BCUT2D eigenvalue weighted by Crippen LogP contribution is 2.22. The molecule has 0 spiro atoms. The largest absolute Gasteiger partial charge is 0.505 e. The van der Waals surface area contributed by atoms with Gasteiger partial charge in [0.15, 0.2) is 11.5 Å². The summed E-state index contributed by atoms with van der Waals surface area (Å²) in [5.74, 6) is -3.65. The molecule has 2 aromatic rings. The van der Waals surface area contributed by atoms with Crippen LogP contribution >= 0.6 is 11.6 Å². The van der Waals surface area contributed by atoms with Crippen LogP contribution in [0.4, 0.5) is 5.69 Å². The van der Waals surface area contributed by atoms with Crippen LogP contribution in [-0.4, -0.2) is 22.0 Å². The van der Waals surface area contributed by atoms with E-state index in [0.29, 0.717) is 10.7 Å². The third-order valence-electron chi connectivity index (χ3n) is 3.05. The molecule has 0 fully saturated rings. The smallest absolute Gasteiger partial charge is 0.379 e. The van der Waals surface area contributed by atoms with Crippen LogP contribution in [0.25, 0.3) is 5.76 Å². The normalized spacial score (nSPS) is 12.1. The Kier molecular flexibility index (Phi) is 5.44. The Hall–Kier alpha value is -2.99. The first-order valence-electron chi connectivity index (χ1n) is 6.83. The number of carboxylic acid groups (broad SMARTS) is 1. The number of hydrogen-bond donors (Lipinski definition) is 2. The summed E-state index contributed by atoms with van der Waals surface area (Å²) in [5, 5.41) is 27.0. The lowest BCUT2D eigenvalue weighted by Crippen LogP contribution is -2.15. The van der Waals surface area contributed by atoms with Gasteiger partial charge in [0.25, 0.3) is 5.78 Å². The fraction of sp³-hybridized carbons (Fsp3) is 0.0588. The van der Waals surface area contributed by atoms with Gasteiger partial charge in [-0.05, 0) is 31.2 Å². The second-order valence-electron chi connectivity index (χ2n) is 4.87. The molecule has 0 saturated heterocycles. The van der Waals surface area contributed by atoms with Crippen LogP contribution in [-0.2, 0) is 9.59 Å². The van der Waals surface area contributed by atoms with Gasteiger partial charge in [0.05, 0.1) is 5.69 Å². The molecule has 2 rings (SSSR count). The van der Waals surface area contributed by atoms with Gasteiger partial charge in [-0.2, -0.15) is 5.11 Å². The molecule has 0 unspecified atom stereocenters. The molecule has 6 nitrogen and oxygen atoms in total. The molecule has 2 aromatic carbocycles. The van der Waals surface area contributed by atoms with E-state index in [2.05, 4.69) is 10.2 Å². The van der Waals surface area contributed by atoms with E-state index in [-0.39, 0.29) is 5.56 Å². The number of carbonyl (C=O) groups excluding carboxylic acids is 1. The van der Waals surface area contributed by atoms with E-state index in [4.69, 9.17) is 16.7 Å². The molecule has 2 N–H and O–H groups in total. The summed E-state index contributed by atoms with van der Waals surface area (Å²) in [6, 6.07) is 12.7. The van der Waals surface area contributed by atoms with Gasteiger partial charge in [0.2, 0.25) is 0 Å². The lowest BCUT2D eigenvalue weighted by Gasteiger charge is -2.04. The number of Topliss-reactive ketones (excluding diaryl/α,β-unsaturated/α-hetero) is 1. The minimum absolute atomic E-state index is 0.264. The van der Waals surface area contributed by atoms with Gasteiger partial charge in [-0.25, -0.2) is 4.79 Å². The number of aryl methyl sites for hydroxylation is 1. The average Bonchev–Trinajstić information content (AvgIpc) is 2.56. The van der Waals surface area contributed by atoms with Gasteiger partial charge < -0.3 is 10.2 Å². The number of aliphatic hydroxyl groups is 1. The van der Waals surface area contributed by atoms with E-state index in [9.17, 15) is 14.7 Å². The third kappa shape index (κ3) is 4.27. The second-order valence-corrected chi connectivity index (χ2v) is 5.31. The molecule has 0 aliphatic carbocycles. The predicted octanol–water partition coefficient (Wildman–Crippen LogP) is 4.31. The van der Waals surface area contributed by atoms with Gasteiger partial charge in [-0.1, -0.05) is 41.4 Å². The van der Waals surface area contributed by atoms with Crippen molar-refractivity contribution in [3.05, 3.63) is 70.4 Å². The predicted molar refractivity (Wildman–Crippen MR) is 89.3 cm³/mol. The summed E-state index contributed by atoms with van der Waals surface area (Å²) in [4.78, 5) is 22.8. The fourth-order valence-electron chi connectivity index (χ4n) is 1.77. The zero-order chi connectivity index (χ0) is 17.7. The Bertz CT molecular complexity index is 825. The number of carbonyl (C=O) groups is 2. The lowest BCUT2D eigenvalue weighted by atomic mass is 10.1. The minimum Gasteiger partial charge on any atom is -0.505 e. The van der Waals surface area contributed by atoms with Gasteiger partial charge in [-0.15, -0.1) is 5.11 Å². The molecular formula is C17H13ClN2O4. The highest BCUT2D eigenvalue weighted by Gasteiger charge is 2.23. The molecule has 0 saturated carbocycles. The van der Waals surface area contributed by atoms with Crippen LogP contribution in [0.1, 0.15) is 11.1 Å². The number of halogens is 1. The van der Waals surface area contributed by atoms with E-state index < -0.39 is 23.2 Å². The van der Waals surface area contributed by atoms with E-state index in [1.54, 1.807) is 36.4 Å². The Balaban J connectivity index is 2.46. The number of benzene rings is 2. The summed E-state index contributed by atoms with van der Waals surface area (Å²) in [6.45, 7) is 1.86.